The van der Waals surface area contributed by atoms with Crippen molar-refractivity contribution in [2.24, 2.45) is 5.41 Å². The maximum absolute atomic E-state index is 15.4. The first-order chi connectivity index (χ1) is 14.0. The van der Waals surface area contributed by atoms with E-state index in [1.807, 2.05) is 32.9 Å². The fourth-order valence-corrected chi connectivity index (χ4v) is 3.50. The second-order valence-electron chi connectivity index (χ2n) is 8.83. The Balaban J connectivity index is 1.97. The molecule has 0 spiro atoms. The fraction of sp³-hybridized carbons (Fsp3) is 0.391. The number of ether oxygens (including phenoxy) is 1. The predicted octanol–water partition coefficient (Wildman–Crippen LogP) is 5.48. The van der Waals surface area contributed by atoms with Gasteiger partial charge in [0.25, 0.3) is 5.91 Å². The summed E-state index contributed by atoms with van der Waals surface area (Å²) in [6.07, 6.45) is -0.596. The largest absolute Gasteiger partial charge is 0.476 e. The van der Waals surface area contributed by atoms with Gasteiger partial charge >= 0.3 is 0 Å². The maximum atomic E-state index is 15.4. The summed E-state index contributed by atoms with van der Waals surface area (Å²) < 4.78 is 21.0. The van der Waals surface area contributed by atoms with Crippen molar-refractivity contribution in [2.75, 3.05) is 10.2 Å². The first-order valence-electron chi connectivity index (χ1n) is 9.81. The molecule has 0 radical (unpaired) electrons. The van der Waals surface area contributed by atoms with Crippen molar-refractivity contribution in [3.63, 3.8) is 0 Å². The SMILES string of the molecule is Cc1cc2c(c(F)c1NC(=O)CC(C)(C)C)OC(C)C(=O)N2Cc1ccc(Cl)cc1. The molecule has 5 nitrogen and oxygen atoms in total. The molecule has 3 rings (SSSR count). The molecule has 1 N–H and O–H groups in total. The lowest BCUT2D eigenvalue weighted by Crippen LogP contribution is -2.44. The van der Waals surface area contributed by atoms with E-state index in [0.717, 1.165) is 5.56 Å². The quantitative estimate of drug-likeness (QED) is 0.696. The number of nitrogens with zero attached hydrogens (tertiary/aromatic N) is 1. The molecular weight excluding hydrogens is 407 g/mol. The molecule has 0 fully saturated rings. The van der Waals surface area contributed by atoms with Crippen LogP contribution in [0.4, 0.5) is 15.8 Å². The Morgan fingerprint density at radius 3 is 2.50 bits per heavy atom. The summed E-state index contributed by atoms with van der Waals surface area (Å²) in [5.41, 5.74) is 1.57. The maximum Gasteiger partial charge on any atom is 0.268 e. The molecule has 1 heterocycles. The van der Waals surface area contributed by atoms with E-state index in [1.165, 1.54) is 4.90 Å². The van der Waals surface area contributed by atoms with Gasteiger partial charge in [0.2, 0.25) is 5.91 Å². The lowest BCUT2D eigenvalue weighted by molar-refractivity contribution is -0.125. The number of carbonyl (C=O) groups excluding carboxylic acids is 2. The minimum Gasteiger partial charge on any atom is -0.476 e. The van der Waals surface area contributed by atoms with E-state index >= 15 is 4.39 Å². The Morgan fingerprint density at radius 2 is 1.90 bits per heavy atom. The number of anilines is 2. The number of halogens is 2. The zero-order valence-electron chi connectivity index (χ0n) is 17.8. The van der Waals surface area contributed by atoms with E-state index in [9.17, 15) is 9.59 Å². The monoisotopic (exact) mass is 432 g/mol. The van der Waals surface area contributed by atoms with E-state index in [0.29, 0.717) is 16.3 Å². The number of benzene rings is 2. The lowest BCUT2D eigenvalue weighted by Gasteiger charge is -2.34. The number of nitrogens with one attached hydrogen (secondary N) is 1. The highest BCUT2D eigenvalue weighted by Gasteiger charge is 2.35. The van der Waals surface area contributed by atoms with Gasteiger partial charge in [-0.25, -0.2) is 4.39 Å². The molecule has 7 heteroatoms. The molecular formula is C23H26ClFN2O3. The van der Waals surface area contributed by atoms with Crippen LogP contribution in [0.2, 0.25) is 5.02 Å². The lowest BCUT2D eigenvalue weighted by atomic mass is 9.92. The molecule has 1 aliphatic heterocycles. The summed E-state index contributed by atoms with van der Waals surface area (Å²) in [4.78, 5) is 26.6. The van der Waals surface area contributed by atoms with Crippen LogP contribution in [0.5, 0.6) is 5.75 Å². The average Bonchev–Trinajstić information content (AvgIpc) is 2.64. The van der Waals surface area contributed by atoms with Crippen molar-refractivity contribution in [1.82, 2.24) is 0 Å². The van der Waals surface area contributed by atoms with Crippen LogP contribution < -0.4 is 15.0 Å². The summed E-state index contributed by atoms with van der Waals surface area (Å²) in [6, 6.07) is 8.79. The topological polar surface area (TPSA) is 58.6 Å². The summed E-state index contributed by atoms with van der Waals surface area (Å²) >= 11 is 5.94. The Kier molecular flexibility index (Phi) is 6.09. The van der Waals surface area contributed by atoms with Gasteiger partial charge in [-0.2, -0.15) is 0 Å². The van der Waals surface area contributed by atoms with E-state index in [1.54, 1.807) is 32.0 Å². The number of rotatable bonds is 4. The molecule has 0 saturated carbocycles. The van der Waals surface area contributed by atoms with Crippen LogP contribution in [-0.4, -0.2) is 17.9 Å². The molecule has 2 amide bonds. The molecule has 160 valence electrons. The third-order valence-corrected chi connectivity index (χ3v) is 5.06. The van der Waals surface area contributed by atoms with Gasteiger partial charge in [-0.05, 0) is 48.6 Å². The van der Waals surface area contributed by atoms with Crippen LogP contribution in [0, 0.1) is 18.2 Å². The van der Waals surface area contributed by atoms with Crippen molar-refractivity contribution < 1.29 is 18.7 Å². The third-order valence-electron chi connectivity index (χ3n) is 4.81. The third kappa shape index (κ3) is 4.75. The second kappa shape index (κ2) is 8.26. The van der Waals surface area contributed by atoms with Gasteiger partial charge in [0.1, 0.15) is 0 Å². The Hall–Kier alpha value is -2.60. The number of aryl methyl sites for hydroxylation is 1. The number of fused-ring (bicyclic) bond motifs is 1. The van der Waals surface area contributed by atoms with Crippen molar-refractivity contribution in [3.8, 4) is 5.75 Å². The number of hydrogen-bond donors (Lipinski definition) is 1. The van der Waals surface area contributed by atoms with Crippen molar-refractivity contribution >= 4 is 34.8 Å². The van der Waals surface area contributed by atoms with E-state index < -0.39 is 11.9 Å². The van der Waals surface area contributed by atoms with Crippen molar-refractivity contribution in [2.45, 2.75) is 53.7 Å². The van der Waals surface area contributed by atoms with Gasteiger partial charge < -0.3 is 15.0 Å². The predicted molar refractivity (Wildman–Crippen MR) is 117 cm³/mol. The van der Waals surface area contributed by atoms with Crippen LogP contribution in [-0.2, 0) is 16.1 Å². The van der Waals surface area contributed by atoms with Gasteiger partial charge in [0.05, 0.1) is 17.9 Å². The summed E-state index contributed by atoms with van der Waals surface area (Å²) in [6.45, 7) is 9.34. The second-order valence-corrected chi connectivity index (χ2v) is 9.26. The van der Waals surface area contributed by atoms with Gasteiger partial charge in [-0.15, -0.1) is 0 Å². The zero-order valence-corrected chi connectivity index (χ0v) is 18.6. The molecule has 2 aromatic carbocycles. The van der Waals surface area contributed by atoms with Gasteiger partial charge in [-0.3, -0.25) is 9.59 Å². The molecule has 0 saturated heterocycles. The van der Waals surface area contributed by atoms with Crippen LogP contribution in [0.25, 0.3) is 0 Å². The smallest absolute Gasteiger partial charge is 0.268 e. The standard InChI is InChI=1S/C23H26ClFN2O3/c1-13-10-17-21(19(25)20(13)26-18(28)11-23(3,4)5)30-14(2)22(29)27(17)12-15-6-8-16(24)9-7-15/h6-10,14H,11-12H2,1-5H3,(H,26,28). The fourth-order valence-electron chi connectivity index (χ4n) is 3.37. The molecule has 0 bridgehead atoms. The normalized spacial score (nSPS) is 16.2. The summed E-state index contributed by atoms with van der Waals surface area (Å²) in [5, 5.41) is 3.27. The molecule has 30 heavy (non-hydrogen) atoms. The van der Waals surface area contributed by atoms with Crippen LogP contribution >= 0.6 is 11.6 Å². The minimum atomic E-state index is -0.847. The van der Waals surface area contributed by atoms with Gasteiger partial charge in [0, 0.05) is 11.4 Å². The summed E-state index contributed by atoms with van der Waals surface area (Å²) in [7, 11) is 0. The first-order valence-corrected chi connectivity index (χ1v) is 10.2. The van der Waals surface area contributed by atoms with Gasteiger partial charge in [-0.1, -0.05) is 44.5 Å². The summed E-state index contributed by atoms with van der Waals surface area (Å²) in [5.74, 6) is -1.25. The molecule has 1 aliphatic rings. The van der Waals surface area contributed by atoms with E-state index in [-0.39, 0.29) is 41.6 Å². The highest BCUT2D eigenvalue weighted by Crippen LogP contribution is 2.42. The van der Waals surface area contributed by atoms with E-state index in [4.69, 9.17) is 16.3 Å². The number of hydrogen-bond acceptors (Lipinski definition) is 3. The average molecular weight is 433 g/mol. The molecule has 2 aromatic rings. The molecule has 0 aliphatic carbocycles. The van der Waals surface area contributed by atoms with Gasteiger partial charge in [0.15, 0.2) is 17.7 Å². The zero-order chi connectivity index (χ0) is 22.2. The Labute approximate surface area is 181 Å². The Bertz CT molecular complexity index is 983. The molecule has 1 unspecified atom stereocenters. The minimum absolute atomic E-state index is 0.0345. The van der Waals surface area contributed by atoms with Crippen molar-refractivity contribution in [3.05, 3.63) is 52.3 Å². The highest BCUT2D eigenvalue weighted by molar-refractivity contribution is 6.30. The van der Waals surface area contributed by atoms with Crippen molar-refractivity contribution in [1.29, 1.82) is 0 Å². The first kappa shape index (κ1) is 22.1. The molecule has 0 aromatic heterocycles. The Morgan fingerprint density at radius 1 is 1.27 bits per heavy atom. The number of carbonyl (C=O) groups is 2. The van der Waals surface area contributed by atoms with Crippen LogP contribution in [0.3, 0.4) is 0 Å². The highest BCUT2D eigenvalue weighted by atomic mass is 35.5. The van der Waals surface area contributed by atoms with Crippen LogP contribution in [0.15, 0.2) is 30.3 Å². The number of amides is 2. The van der Waals surface area contributed by atoms with E-state index in [2.05, 4.69) is 5.32 Å². The molecule has 1 atom stereocenters. The van der Waals surface area contributed by atoms with Crippen LogP contribution in [0.1, 0.15) is 45.2 Å².